The van der Waals surface area contributed by atoms with E-state index >= 15 is 0 Å². The highest BCUT2D eigenvalue weighted by Gasteiger charge is 2.09. The summed E-state index contributed by atoms with van der Waals surface area (Å²) >= 11 is 0. The number of carboxylic acid groups (broad SMARTS) is 1. The minimum atomic E-state index is -1.13. The molecule has 6 nitrogen and oxygen atoms in total. The van der Waals surface area contributed by atoms with Gasteiger partial charge in [0.2, 0.25) is 11.7 Å². The number of carbonyl (C=O) groups is 2. The lowest BCUT2D eigenvalue weighted by atomic mass is 10.1. The van der Waals surface area contributed by atoms with Crippen molar-refractivity contribution in [3.63, 3.8) is 0 Å². The van der Waals surface area contributed by atoms with Gasteiger partial charge in [-0.15, -0.1) is 0 Å². The van der Waals surface area contributed by atoms with Crippen molar-refractivity contribution in [1.82, 2.24) is 5.32 Å². The first-order chi connectivity index (χ1) is 10.0. The van der Waals surface area contributed by atoms with Crippen LogP contribution in [0.15, 0.2) is 40.8 Å². The van der Waals surface area contributed by atoms with Crippen LogP contribution in [0, 0.1) is 0 Å². The second-order valence-corrected chi connectivity index (χ2v) is 4.59. The number of hydrogen-bond acceptors (Lipinski definition) is 4. The summed E-state index contributed by atoms with van der Waals surface area (Å²) in [6.07, 6.45) is 0.922. The van der Waals surface area contributed by atoms with Crippen molar-refractivity contribution in [3.05, 3.63) is 53.5 Å². The number of aryl methyl sites for hydroxylation is 1. The lowest BCUT2D eigenvalue weighted by Crippen LogP contribution is -2.22. The van der Waals surface area contributed by atoms with Crippen LogP contribution < -0.4 is 11.1 Å². The minimum absolute atomic E-state index is 0.134. The number of furan rings is 1. The van der Waals surface area contributed by atoms with Gasteiger partial charge in [0.05, 0.1) is 6.54 Å². The van der Waals surface area contributed by atoms with Crippen LogP contribution in [0.3, 0.4) is 0 Å². The maximum absolute atomic E-state index is 11.7. The summed E-state index contributed by atoms with van der Waals surface area (Å²) < 4.78 is 5.04. The standard InChI is InChI=1S/C15H16N2O4/c16-11-3-1-2-10(8-11)4-7-14(18)17-9-12-5-6-13(21-12)15(19)20/h1-3,5-6,8H,4,7,9,16H2,(H,17,18)(H,19,20). The van der Waals surface area contributed by atoms with Gasteiger partial charge >= 0.3 is 5.97 Å². The molecular formula is C15H16N2O4. The molecule has 1 amide bonds. The molecule has 0 fully saturated rings. The van der Waals surface area contributed by atoms with Crippen LogP contribution >= 0.6 is 0 Å². The highest BCUT2D eigenvalue weighted by Crippen LogP contribution is 2.09. The van der Waals surface area contributed by atoms with E-state index < -0.39 is 5.97 Å². The molecule has 0 bridgehead atoms. The molecule has 110 valence electrons. The Morgan fingerprint density at radius 3 is 2.71 bits per heavy atom. The molecule has 0 aliphatic rings. The Balaban J connectivity index is 1.78. The number of carbonyl (C=O) groups excluding carboxylic acids is 1. The maximum Gasteiger partial charge on any atom is 0.371 e. The molecule has 0 radical (unpaired) electrons. The molecule has 0 unspecified atom stereocenters. The number of nitrogen functional groups attached to an aromatic ring is 1. The van der Waals surface area contributed by atoms with Gasteiger partial charge in [0, 0.05) is 12.1 Å². The molecule has 1 heterocycles. The first kappa shape index (κ1) is 14.6. The molecule has 6 heteroatoms. The van der Waals surface area contributed by atoms with Crippen LogP contribution in [0.5, 0.6) is 0 Å². The Labute approximate surface area is 121 Å². The summed E-state index contributed by atoms with van der Waals surface area (Å²) in [5.41, 5.74) is 7.33. The zero-order chi connectivity index (χ0) is 15.2. The number of hydrogen-bond donors (Lipinski definition) is 3. The predicted octanol–water partition coefficient (Wildman–Crippen LogP) is 1.81. The third-order valence-corrected chi connectivity index (χ3v) is 2.92. The van der Waals surface area contributed by atoms with E-state index in [0.29, 0.717) is 24.3 Å². The summed E-state index contributed by atoms with van der Waals surface area (Å²) in [5, 5.41) is 11.4. The SMILES string of the molecule is Nc1cccc(CCC(=O)NCc2ccc(C(=O)O)o2)c1. The summed E-state index contributed by atoms with van der Waals surface area (Å²) in [6, 6.07) is 10.3. The Kier molecular flexibility index (Phi) is 4.61. The van der Waals surface area contributed by atoms with Gasteiger partial charge in [-0.2, -0.15) is 0 Å². The third kappa shape index (κ3) is 4.38. The van der Waals surface area contributed by atoms with Crippen molar-refractivity contribution in [2.24, 2.45) is 0 Å². The average molecular weight is 288 g/mol. The summed E-state index contributed by atoms with van der Waals surface area (Å²) in [5.74, 6) is -0.997. The van der Waals surface area contributed by atoms with Gasteiger partial charge in [0.25, 0.3) is 0 Å². The number of benzene rings is 1. The van der Waals surface area contributed by atoms with Gasteiger partial charge in [-0.25, -0.2) is 4.79 Å². The van der Waals surface area contributed by atoms with E-state index in [1.807, 2.05) is 18.2 Å². The van der Waals surface area contributed by atoms with Crippen molar-refractivity contribution < 1.29 is 19.1 Å². The van der Waals surface area contributed by atoms with Crippen molar-refractivity contribution in [1.29, 1.82) is 0 Å². The van der Waals surface area contributed by atoms with Crippen molar-refractivity contribution in [3.8, 4) is 0 Å². The van der Waals surface area contributed by atoms with Gasteiger partial charge in [-0.05, 0) is 36.2 Å². The largest absolute Gasteiger partial charge is 0.475 e. The summed E-state index contributed by atoms with van der Waals surface area (Å²) in [7, 11) is 0. The van der Waals surface area contributed by atoms with E-state index in [4.69, 9.17) is 15.3 Å². The number of nitrogens with one attached hydrogen (secondary N) is 1. The van der Waals surface area contributed by atoms with Crippen LogP contribution in [0.4, 0.5) is 5.69 Å². The normalized spacial score (nSPS) is 10.3. The monoisotopic (exact) mass is 288 g/mol. The lowest BCUT2D eigenvalue weighted by Gasteiger charge is -2.04. The van der Waals surface area contributed by atoms with E-state index in [1.54, 1.807) is 6.07 Å². The third-order valence-electron chi connectivity index (χ3n) is 2.92. The summed E-state index contributed by atoms with van der Waals surface area (Å²) in [6.45, 7) is 0.170. The number of aromatic carboxylic acids is 1. The van der Waals surface area contributed by atoms with Gasteiger partial charge < -0.3 is 20.6 Å². The number of rotatable bonds is 6. The number of anilines is 1. The van der Waals surface area contributed by atoms with Gasteiger partial charge in [0.15, 0.2) is 0 Å². The van der Waals surface area contributed by atoms with E-state index in [9.17, 15) is 9.59 Å². The molecule has 0 saturated heterocycles. The fourth-order valence-electron chi connectivity index (χ4n) is 1.87. The van der Waals surface area contributed by atoms with Gasteiger partial charge in [-0.3, -0.25) is 4.79 Å². The molecule has 4 N–H and O–H groups in total. The molecule has 0 saturated carbocycles. The van der Waals surface area contributed by atoms with E-state index in [2.05, 4.69) is 5.32 Å². The quantitative estimate of drug-likeness (QED) is 0.703. The zero-order valence-electron chi connectivity index (χ0n) is 11.3. The maximum atomic E-state index is 11.7. The van der Waals surface area contributed by atoms with Crippen molar-refractivity contribution in [2.45, 2.75) is 19.4 Å². The van der Waals surface area contributed by atoms with E-state index in [-0.39, 0.29) is 18.2 Å². The fraction of sp³-hybridized carbons (Fsp3) is 0.200. The smallest absolute Gasteiger partial charge is 0.371 e. The number of carboxylic acids is 1. The molecule has 1 aromatic heterocycles. The minimum Gasteiger partial charge on any atom is -0.475 e. The van der Waals surface area contributed by atoms with Gasteiger partial charge in [0.1, 0.15) is 5.76 Å². The second-order valence-electron chi connectivity index (χ2n) is 4.59. The molecule has 0 spiro atoms. The van der Waals surface area contributed by atoms with Crippen molar-refractivity contribution in [2.75, 3.05) is 5.73 Å². The van der Waals surface area contributed by atoms with Crippen molar-refractivity contribution >= 4 is 17.6 Å². The second kappa shape index (κ2) is 6.60. The average Bonchev–Trinajstić information content (AvgIpc) is 2.92. The van der Waals surface area contributed by atoms with Crippen LogP contribution in [-0.2, 0) is 17.8 Å². The first-order valence-corrected chi connectivity index (χ1v) is 6.48. The lowest BCUT2D eigenvalue weighted by molar-refractivity contribution is -0.121. The summed E-state index contributed by atoms with van der Waals surface area (Å²) in [4.78, 5) is 22.4. The topological polar surface area (TPSA) is 106 Å². The van der Waals surface area contributed by atoms with Crippen LogP contribution in [0.2, 0.25) is 0 Å². The molecule has 2 aromatic rings. The molecule has 21 heavy (non-hydrogen) atoms. The van der Waals surface area contributed by atoms with Gasteiger partial charge in [-0.1, -0.05) is 12.1 Å². The Bertz CT molecular complexity index is 649. The molecule has 0 aliphatic heterocycles. The molecule has 0 atom stereocenters. The Morgan fingerprint density at radius 1 is 1.24 bits per heavy atom. The highest BCUT2D eigenvalue weighted by atomic mass is 16.4. The van der Waals surface area contributed by atoms with E-state index in [1.165, 1.54) is 12.1 Å². The molecule has 2 rings (SSSR count). The molecule has 0 aliphatic carbocycles. The van der Waals surface area contributed by atoms with Crippen LogP contribution in [0.1, 0.15) is 28.3 Å². The zero-order valence-corrected chi connectivity index (χ0v) is 11.3. The molecular weight excluding hydrogens is 272 g/mol. The fourth-order valence-corrected chi connectivity index (χ4v) is 1.87. The predicted molar refractivity (Wildman–Crippen MR) is 76.7 cm³/mol. The first-order valence-electron chi connectivity index (χ1n) is 6.48. The van der Waals surface area contributed by atoms with E-state index in [0.717, 1.165) is 5.56 Å². The van der Waals surface area contributed by atoms with Crippen LogP contribution in [-0.4, -0.2) is 17.0 Å². The van der Waals surface area contributed by atoms with Crippen LogP contribution in [0.25, 0.3) is 0 Å². The Hall–Kier alpha value is -2.76. The number of nitrogens with two attached hydrogens (primary N) is 1. The molecule has 1 aromatic carbocycles. The number of amides is 1. The highest BCUT2D eigenvalue weighted by molar-refractivity contribution is 5.84. The Morgan fingerprint density at radius 2 is 2.05 bits per heavy atom.